The molecular weight excluding hydrogens is 324 g/mol. The lowest BCUT2D eigenvalue weighted by molar-refractivity contribution is 0.111. The molecule has 1 aromatic carbocycles. The summed E-state index contributed by atoms with van der Waals surface area (Å²) in [7, 11) is 0. The molecule has 1 aromatic rings. The van der Waals surface area contributed by atoms with Crippen LogP contribution in [-0.4, -0.2) is 31.1 Å². The number of likely N-dealkylation sites (tertiary alicyclic amines) is 1. The molecule has 3 rings (SSSR count). The number of fused-ring (bicyclic) bond motifs is 1. The van der Waals surface area contributed by atoms with Crippen molar-refractivity contribution >= 4 is 28.3 Å². The Morgan fingerprint density at radius 2 is 1.89 bits per heavy atom. The van der Waals surface area contributed by atoms with E-state index in [4.69, 9.17) is 0 Å². The van der Waals surface area contributed by atoms with Crippen molar-refractivity contribution in [3.05, 3.63) is 34.3 Å². The minimum absolute atomic E-state index is 0. The Kier molecular flexibility index (Phi) is 5.29. The van der Waals surface area contributed by atoms with E-state index in [9.17, 15) is 0 Å². The van der Waals surface area contributed by atoms with Crippen molar-refractivity contribution in [3.63, 3.8) is 0 Å². The van der Waals surface area contributed by atoms with Crippen molar-refractivity contribution in [2.45, 2.75) is 19.4 Å². The fourth-order valence-corrected chi connectivity index (χ4v) is 3.63. The number of hydrogen-bond donors (Lipinski definition) is 1. The topological polar surface area (TPSA) is 15.3 Å². The van der Waals surface area contributed by atoms with Crippen LogP contribution >= 0.6 is 28.3 Å². The van der Waals surface area contributed by atoms with Crippen molar-refractivity contribution in [2.24, 2.45) is 11.8 Å². The fraction of sp³-hybridized carbons (Fsp3) is 0.600. The first kappa shape index (κ1) is 15.3. The maximum atomic E-state index is 3.54. The Morgan fingerprint density at radius 3 is 2.63 bits per heavy atom. The van der Waals surface area contributed by atoms with Crippen LogP contribution in [0.2, 0.25) is 0 Å². The van der Waals surface area contributed by atoms with E-state index in [0.29, 0.717) is 6.04 Å². The van der Waals surface area contributed by atoms with E-state index < -0.39 is 0 Å². The number of benzene rings is 1. The summed E-state index contributed by atoms with van der Waals surface area (Å²) in [4.78, 5) is 2.65. The molecule has 4 heteroatoms. The maximum absolute atomic E-state index is 3.54. The zero-order valence-electron chi connectivity index (χ0n) is 11.3. The van der Waals surface area contributed by atoms with Crippen molar-refractivity contribution in [1.29, 1.82) is 0 Å². The van der Waals surface area contributed by atoms with Crippen LogP contribution in [-0.2, 0) is 0 Å². The zero-order valence-corrected chi connectivity index (χ0v) is 13.7. The highest BCUT2D eigenvalue weighted by atomic mass is 79.9. The van der Waals surface area contributed by atoms with Crippen LogP contribution in [0.1, 0.15) is 24.9 Å². The summed E-state index contributed by atoms with van der Waals surface area (Å²) in [6.07, 6.45) is 1.36. The van der Waals surface area contributed by atoms with E-state index in [1.165, 1.54) is 38.2 Å². The molecule has 2 fully saturated rings. The van der Waals surface area contributed by atoms with Crippen molar-refractivity contribution in [3.8, 4) is 0 Å². The van der Waals surface area contributed by atoms with Crippen molar-refractivity contribution in [2.75, 3.05) is 26.2 Å². The van der Waals surface area contributed by atoms with Crippen LogP contribution in [0, 0.1) is 11.8 Å². The lowest BCUT2D eigenvalue weighted by atomic mass is 9.87. The molecule has 0 aliphatic carbocycles. The Balaban J connectivity index is 0.00000133. The highest BCUT2D eigenvalue weighted by Crippen LogP contribution is 2.32. The summed E-state index contributed by atoms with van der Waals surface area (Å²) < 4.78 is 1.16. The third kappa shape index (κ3) is 3.33. The van der Waals surface area contributed by atoms with Crippen molar-refractivity contribution < 1.29 is 0 Å². The highest BCUT2D eigenvalue weighted by molar-refractivity contribution is 9.10. The molecule has 3 unspecified atom stereocenters. The van der Waals surface area contributed by atoms with Gasteiger partial charge in [0.05, 0.1) is 0 Å². The number of rotatable bonds is 2. The average Bonchev–Trinajstić information content (AvgIpc) is 2.86. The largest absolute Gasteiger partial charge is 0.316 e. The molecule has 0 spiro atoms. The third-order valence-corrected chi connectivity index (χ3v) is 5.16. The highest BCUT2D eigenvalue weighted by Gasteiger charge is 2.34. The molecule has 0 amide bonds. The Hall–Kier alpha value is -0.0900. The van der Waals surface area contributed by atoms with Gasteiger partial charge in [-0.15, -0.1) is 12.4 Å². The second-order valence-corrected chi connectivity index (χ2v) is 6.61. The molecule has 2 aliphatic heterocycles. The maximum Gasteiger partial charge on any atom is 0.0320 e. The SMILES string of the molecule is CC(c1ccc(Br)cc1)N1CCC2CNCC2C1.Cl. The van der Waals surface area contributed by atoms with Gasteiger partial charge >= 0.3 is 0 Å². The predicted octanol–water partition coefficient (Wildman–Crippen LogP) is 3.47. The number of hydrogen-bond acceptors (Lipinski definition) is 2. The summed E-state index contributed by atoms with van der Waals surface area (Å²) in [5.41, 5.74) is 1.43. The Bertz CT molecular complexity index is 409. The van der Waals surface area contributed by atoms with Crippen LogP contribution in [0.3, 0.4) is 0 Å². The molecule has 0 bridgehead atoms. The van der Waals surface area contributed by atoms with E-state index in [2.05, 4.69) is 57.3 Å². The lowest BCUT2D eigenvalue weighted by Gasteiger charge is -2.38. The van der Waals surface area contributed by atoms with Gasteiger partial charge in [0.2, 0.25) is 0 Å². The molecule has 106 valence electrons. The molecule has 0 radical (unpaired) electrons. The first-order chi connectivity index (χ1) is 8.74. The summed E-state index contributed by atoms with van der Waals surface area (Å²) in [5, 5.41) is 3.54. The number of piperidine rings is 1. The first-order valence-corrected chi connectivity index (χ1v) is 7.73. The van der Waals surface area contributed by atoms with Gasteiger partial charge in [-0.1, -0.05) is 28.1 Å². The fourth-order valence-electron chi connectivity index (χ4n) is 3.37. The molecule has 2 nitrogen and oxygen atoms in total. The smallest absolute Gasteiger partial charge is 0.0320 e. The summed E-state index contributed by atoms with van der Waals surface area (Å²) in [6.45, 7) is 7.31. The van der Waals surface area contributed by atoms with Gasteiger partial charge < -0.3 is 5.32 Å². The predicted molar refractivity (Wildman–Crippen MR) is 85.8 cm³/mol. The van der Waals surface area contributed by atoms with Crippen LogP contribution in [0.15, 0.2) is 28.7 Å². The van der Waals surface area contributed by atoms with Gasteiger partial charge in [0.15, 0.2) is 0 Å². The Morgan fingerprint density at radius 1 is 1.21 bits per heavy atom. The Labute approximate surface area is 130 Å². The number of halogens is 2. The van der Waals surface area contributed by atoms with Gasteiger partial charge in [-0.2, -0.15) is 0 Å². The molecule has 3 atom stereocenters. The summed E-state index contributed by atoms with van der Waals surface area (Å²) >= 11 is 3.51. The van der Waals surface area contributed by atoms with Gasteiger partial charge in [0.25, 0.3) is 0 Å². The van der Waals surface area contributed by atoms with E-state index in [-0.39, 0.29) is 12.4 Å². The van der Waals surface area contributed by atoms with Crippen molar-refractivity contribution in [1.82, 2.24) is 10.2 Å². The standard InChI is InChI=1S/C15H21BrN2.ClH/c1-11(12-2-4-15(16)5-3-12)18-7-6-13-8-17-9-14(13)10-18;/h2-5,11,13-14,17H,6-10H2,1H3;1H. The third-order valence-electron chi connectivity index (χ3n) is 4.64. The molecule has 2 saturated heterocycles. The van der Waals surface area contributed by atoms with Crippen LogP contribution in [0.4, 0.5) is 0 Å². The monoisotopic (exact) mass is 344 g/mol. The van der Waals surface area contributed by atoms with Crippen LogP contribution in [0.25, 0.3) is 0 Å². The molecule has 2 aliphatic rings. The molecule has 1 N–H and O–H groups in total. The van der Waals surface area contributed by atoms with Gasteiger partial charge in [-0.05, 0) is 62.5 Å². The summed E-state index contributed by atoms with van der Waals surface area (Å²) in [5.74, 6) is 1.80. The molecule has 0 saturated carbocycles. The van der Waals surface area contributed by atoms with E-state index >= 15 is 0 Å². The van der Waals surface area contributed by atoms with Crippen LogP contribution in [0.5, 0.6) is 0 Å². The minimum Gasteiger partial charge on any atom is -0.316 e. The van der Waals surface area contributed by atoms with E-state index in [0.717, 1.165) is 16.3 Å². The second-order valence-electron chi connectivity index (χ2n) is 5.69. The molecular formula is C15H22BrClN2. The number of nitrogens with one attached hydrogen (secondary N) is 1. The van der Waals surface area contributed by atoms with Crippen LogP contribution < -0.4 is 5.32 Å². The minimum atomic E-state index is 0. The van der Waals surface area contributed by atoms with Gasteiger partial charge in [-0.3, -0.25) is 4.90 Å². The van der Waals surface area contributed by atoms with E-state index in [1.807, 2.05) is 0 Å². The lowest BCUT2D eigenvalue weighted by Crippen LogP contribution is -2.41. The normalized spacial score (nSPS) is 28.5. The molecule has 2 heterocycles. The van der Waals surface area contributed by atoms with Gasteiger partial charge in [0, 0.05) is 17.1 Å². The zero-order chi connectivity index (χ0) is 12.5. The summed E-state index contributed by atoms with van der Waals surface area (Å²) in [6, 6.07) is 9.33. The quantitative estimate of drug-likeness (QED) is 0.883. The molecule has 0 aromatic heterocycles. The van der Waals surface area contributed by atoms with E-state index in [1.54, 1.807) is 0 Å². The average molecular weight is 346 g/mol. The number of nitrogens with zero attached hydrogens (tertiary/aromatic N) is 1. The molecule has 19 heavy (non-hydrogen) atoms. The first-order valence-electron chi connectivity index (χ1n) is 6.94. The van der Waals surface area contributed by atoms with Gasteiger partial charge in [0.1, 0.15) is 0 Å². The van der Waals surface area contributed by atoms with Gasteiger partial charge in [-0.25, -0.2) is 0 Å². The second kappa shape index (κ2) is 6.57.